The van der Waals surface area contributed by atoms with Gasteiger partial charge in [0.1, 0.15) is 10.7 Å². The average molecular weight is 406 g/mol. The van der Waals surface area contributed by atoms with E-state index >= 15 is 0 Å². The Morgan fingerprint density at radius 2 is 2.11 bits per heavy atom. The third-order valence-electron chi connectivity index (χ3n) is 4.22. The lowest BCUT2D eigenvalue weighted by Gasteiger charge is -2.24. The molecule has 1 aromatic heterocycles. The smallest absolute Gasteiger partial charge is 0.346 e. The predicted molar refractivity (Wildman–Crippen MR) is 109 cm³/mol. The molecule has 2 N–H and O–H groups in total. The number of aryl methyl sites for hydroxylation is 1. The fourth-order valence-electron chi connectivity index (χ4n) is 2.92. The first-order chi connectivity index (χ1) is 13.0. The molecule has 27 heavy (non-hydrogen) atoms. The lowest BCUT2D eigenvalue weighted by Crippen LogP contribution is -2.33. The largest absolute Gasteiger partial charge is 0.477 e. The van der Waals surface area contributed by atoms with Gasteiger partial charge in [-0.25, -0.2) is 9.18 Å². The van der Waals surface area contributed by atoms with Gasteiger partial charge in [0.15, 0.2) is 0 Å². The van der Waals surface area contributed by atoms with Gasteiger partial charge in [0, 0.05) is 28.2 Å². The van der Waals surface area contributed by atoms with Gasteiger partial charge in [-0.1, -0.05) is 18.2 Å². The van der Waals surface area contributed by atoms with E-state index in [1.807, 2.05) is 24.3 Å². The molecule has 1 saturated heterocycles. The molecule has 1 aliphatic rings. The summed E-state index contributed by atoms with van der Waals surface area (Å²) in [5, 5.41) is 13.6. The van der Waals surface area contributed by atoms with E-state index in [4.69, 9.17) is 4.74 Å². The Morgan fingerprint density at radius 3 is 2.74 bits per heavy atom. The number of thiophene rings is 1. The van der Waals surface area contributed by atoms with Crippen molar-refractivity contribution in [1.82, 2.24) is 5.32 Å². The van der Waals surface area contributed by atoms with E-state index in [2.05, 4.69) is 17.9 Å². The summed E-state index contributed by atoms with van der Waals surface area (Å²) in [4.78, 5) is 12.6. The lowest BCUT2D eigenvalue weighted by atomic mass is 10.0. The number of hydrogen-bond donors (Lipinski definition) is 3. The van der Waals surface area contributed by atoms with Crippen LogP contribution in [0.2, 0.25) is 0 Å². The maximum atomic E-state index is 12.5. The zero-order valence-corrected chi connectivity index (χ0v) is 16.4. The van der Waals surface area contributed by atoms with Crippen LogP contribution in [0.5, 0.6) is 0 Å². The number of hydrogen-bond acceptors (Lipinski definition) is 5. The second kappa shape index (κ2) is 8.84. The number of halogens is 1. The molecule has 1 aliphatic heterocycles. The van der Waals surface area contributed by atoms with Crippen LogP contribution in [-0.4, -0.2) is 30.8 Å². The van der Waals surface area contributed by atoms with Crippen molar-refractivity contribution in [2.24, 2.45) is 0 Å². The minimum atomic E-state index is -0.875. The summed E-state index contributed by atoms with van der Waals surface area (Å²) in [6.45, 7) is 3.82. The van der Waals surface area contributed by atoms with E-state index in [-0.39, 0.29) is 11.9 Å². The Hall–Kier alpha value is -1.93. The molecule has 1 unspecified atom stereocenters. The third-order valence-corrected chi connectivity index (χ3v) is 5.67. The van der Waals surface area contributed by atoms with E-state index in [0.717, 1.165) is 27.1 Å². The number of morpholine rings is 1. The first-order valence-electron chi connectivity index (χ1n) is 8.49. The Kier molecular flexibility index (Phi) is 6.49. The minimum Gasteiger partial charge on any atom is -0.477 e. The number of thiol groups is 1. The van der Waals surface area contributed by atoms with Crippen LogP contribution < -0.4 is 5.32 Å². The Bertz CT molecular complexity index is 952. The molecule has 0 aliphatic carbocycles. The maximum Gasteiger partial charge on any atom is 0.346 e. The summed E-state index contributed by atoms with van der Waals surface area (Å²) in [5.74, 6) is -1.05. The SMILES string of the molecule is Cc1cc(S)ccc1F.O=C(O)c1sc2ccccc2c1C1CNCCO1. The van der Waals surface area contributed by atoms with Crippen LogP contribution in [0.1, 0.15) is 26.9 Å². The zero-order chi connectivity index (χ0) is 19.4. The molecular weight excluding hydrogens is 385 g/mol. The summed E-state index contributed by atoms with van der Waals surface area (Å²) in [6, 6.07) is 12.5. The molecular formula is C20H20FNO3S2. The fourth-order valence-corrected chi connectivity index (χ4v) is 4.28. The van der Waals surface area contributed by atoms with Crippen LogP contribution >= 0.6 is 24.0 Å². The first-order valence-corrected chi connectivity index (χ1v) is 9.76. The molecule has 3 aromatic rings. The van der Waals surface area contributed by atoms with Crippen molar-refractivity contribution in [2.45, 2.75) is 17.9 Å². The summed E-state index contributed by atoms with van der Waals surface area (Å²) in [6.07, 6.45) is -0.166. The number of aromatic carboxylic acids is 1. The van der Waals surface area contributed by atoms with Crippen molar-refractivity contribution in [2.75, 3.05) is 19.7 Å². The highest BCUT2D eigenvalue weighted by Gasteiger charge is 2.26. The van der Waals surface area contributed by atoms with Crippen LogP contribution in [0.25, 0.3) is 10.1 Å². The Balaban J connectivity index is 0.000000197. The molecule has 0 saturated carbocycles. The van der Waals surface area contributed by atoms with E-state index in [1.165, 1.54) is 17.4 Å². The first kappa shape index (κ1) is 19.8. The van der Waals surface area contributed by atoms with Gasteiger partial charge in [-0.15, -0.1) is 24.0 Å². The van der Waals surface area contributed by atoms with Crippen molar-refractivity contribution in [3.05, 3.63) is 64.3 Å². The van der Waals surface area contributed by atoms with Crippen LogP contribution in [0.15, 0.2) is 47.4 Å². The van der Waals surface area contributed by atoms with E-state index in [1.54, 1.807) is 19.1 Å². The Morgan fingerprint density at radius 1 is 1.33 bits per heavy atom. The van der Waals surface area contributed by atoms with Crippen molar-refractivity contribution in [3.63, 3.8) is 0 Å². The van der Waals surface area contributed by atoms with Crippen molar-refractivity contribution in [3.8, 4) is 0 Å². The molecule has 1 fully saturated rings. The Labute approximate surface area is 166 Å². The molecule has 2 aromatic carbocycles. The van der Waals surface area contributed by atoms with Gasteiger partial charge in [-0.3, -0.25) is 0 Å². The number of benzene rings is 2. The molecule has 7 heteroatoms. The molecule has 1 atom stereocenters. The number of rotatable bonds is 2. The monoisotopic (exact) mass is 405 g/mol. The molecule has 4 nitrogen and oxygen atoms in total. The van der Waals surface area contributed by atoms with Crippen LogP contribution in [0.3, 0.4) is 0 Å². The molecule has 142 valence electrons. The number of carboxylic acids is 1. The number of carbonyl (C=O) groups is 1. The summed E-state index contributed by atoms with van der Waals surface area (Å²) < 4.78 is 19.2. The number of nitrogens with one attached hydrogen (secondary N) is 1. The van der Waals surface area contributed by atoms with E-state index in [0.29, 0.717) is 23.6 Å². The second-order valence-electron chi connectivity index (χ2n) is 6.14. The van der Waals surface area contributed by atoms with Crippen LogP contribution in [-0.2, 0) is 4.74 Å². The number of fused-ring (bicyclic) bond motifs is 1. The van der Waals surface area contributed by atoms with E-state index < -0.39 is 5.97 Å². The standard InChI is InChI=1S/C13H13NO3S.C7H7FS/c15-13(16)12-11(9-7-14-5-6-17-9)8-3-1-2-4-10(8)18-12;1-5-4-6(9)2-3-7(5)8/h1-4,9,14H,5-7H2,(H,15,16);2-4,9H,1H3. The second-order valence-corrected chi connectivity index (χ2v) is 7.71. The van der Waals surface area contributed by atoms with Crippen LogP contribution in [0.4, 0.5) is 4.39 Å². The lowest BCUT2D eigenvalue weighted by molar-refractivity contribution is 0.0276. The highest BCUT2D eigenvalue weighted by atomic mass is 32.1. The van der Waals surface area contributed by atoms with Gasteiger partial charge in [-0.2, -0.15) is 0 Å². The van der Waals surface area contributed by atoms with E-state index in [9.17, 15) is 14.3 Å². The van der Waals surface area contributed by atoms with Gasteiger partial charge in [0.2, 0.25) is 0 Å². The average Bonchev–Trinajstić information content (AvgIpc) is 3.06. The molecule has 4 rings (SSSR count). The van der Waals surface area contributed by atoms with Crippen LogP contribution in [0, 0.1) is 12.7 Å². The summed E-state index contributed by atoms with van der Waals surface area (Å²) >= 11 is 5.35. The van der Waals surface area contributed by atoms with Crippen molar-refractivity contribution >= 4 is 40.0 Å². The summed E-state index contributed by atoms with van der Waals surface area (Å²) in [5.41, 5.74) is 1.46. The number of ether oxygens (including phenoxy) is 1. The van der Waals surface area contributed by atoms with Gasteiger partial charge < -0.3 is 15.2 Å². The zero-order valence-electron chi connectivity index (χ0n) is 14.7. The topological polar surface area (TPSA) is 58.6 Å². The predicted octanol–water partition coefficient (Wildman–Crippen LogP) is 4.68. The molecule has 0 radical (unpaired) electrons. The number of carboxylic acid groups (broad SMARTS) is 1. The van der Waals surface area contributed by atoms with Crippen molar-refractivity contribution < 1.29 is 19.0 Å². The highest BCUT2D eigenvalue weighted by Crippen LogP contribution is 2.37. The maximum absolute atomic E-state index is 12.5. The fraction of sp³-hybridized carbons (Fsp3) is 0.250. The van der Waals surface area contributed by atoms with Gasteiger partial charge in [-0.05, 0) is 42.1 Å². The summed E-state index contributed by atoms with van der Waals surface area (Å²) in [7, 11) is 0. The van der Waals surface area contributed by atoms with Gasteiger partial charge >= 0.3 is 5.97 Å². The molecule has 0 spiro atoms. The quantitative estimate of drug-likeness (QED) is 0.542. The molecule has 0 amide bonds. The normalized spacial score (nSPS) is 16.6. The van der Waals surface area contributed by atoms with Gasteiger partial charge in [0.05, 0.1) is 12.7 Å². The molecule has 2 heterocycles. The molecule has 0 bridgehead atoms. The minimum absolute atomic E-state index is 0.166. The third kappa shape index (κ3) is 4.68. The van der Waals surface area contributed by atoms with Crippen molar-refractivity contribution in [1.29, 1.82) is 0 Å². The van der Waals surface area contributed by atoms with Gasteiger partial charge in [0.25, 0.3) is 0 Å². The highest BCUT2D eigenvalue weighted by molar-refractivity contribution is 7.80.